The molecule has 0 unspecified atom stereocenters. The Labute approximate surface area is 148 Å². The maximum atomic E-state index is 12.2. The van der Waals surface area contributed by atoms with Gasteiger partial charge in [-0.2, -0.15) is 5.10 Å². The molecular formula is C16H15Cl2N3OS. The number of aromatic nitrogens is 2. The summed E-state index contributed by atoms with van der Waals surface area (Å²) in [5.41, 5.74) is 1.84. The zero-order valence-electron chi connectivity index (χ0n) is 12.9. The maximum absolute atomic E-state index is 12.2. The Hall–Kier alpha value is -1.56. The Bertz CT molecular complexity index is 898. The van der Waals surface area contributed by atoms with Gasteiger partial charge < -0.3 is 4.90 Å². The van der Waals surface area contributed by atoms with Crippen LogP contribution >= 0.6 is 34.5 Å². The van der Waals surface area contributed by atoms with E-state index in [1.807, 2.05) is 29.8 Å². The second-order valence-corrected chi connectivity index (χ2v) is 7.38. The van der Waals surface area contributed by atoms with E-state index in [0.717, 1.165) is 21.5 Å². The van der Waals surface area contributed by atoms with Gasteiger partial charge in [0, 0.05) is 29.5 Å². The molecule has 0 aliphatic heterocycles. The smallest absolute Gasteiger partial charge is 0.263 e. The van der Waals surface area contributed by atoms with Crippen molar-refractivity contribution in [2.24, 2.45) is 0 Å². The molecule has 23 heavy (non-hydrogen) atoms. The average Bonchev–Trinajstić information content (AvgIpc) is 3.03. The van der Waals surface area contributed by atoms with Crippen LogP contribution in [0.25, 0.3) is 10.2 Å². The molecule has 3 aromatic rings. The summed E-state index contributed by atoms with van der Waals surface area (Å²) in [5.74, 6) is 0.00155. The molecule has 0 bridgehead atoms. The molecule has 120 valence electrons. The van der Waals surface area contributed by atoms with E-state index < -0.39 is 0 Å². The van der Waals surface area contributed by atoms with Crippen molar-refractivity contribution in [2.75, 3.05) is 14.1 Å². The predicted molar refractivity (Wildman–Crippen MR) is 95.9 cm³/mol. The van der Waals surface area contributed by atoms with Gasteiger partial charge in [0.05, 0.1) is 17.1 Å². The molecule has 0 atom stereocenters. The molecule has 0 aliphatic rings. The largest absolute Gasteiger partial charge is 0.344 e. The Balaban J connectivity index is 2.02. The molecule has 0 spiro atoms. The van der Waals surface area contributed by atoms with Crippen molar-refractivity contribution in [3.8, 4) is 0 Å². The molecule has 0 radical (unpaired) electrons. The number of thiophene rings is 1. The number of carbonyl (C=O) groups is 1. The van der Waals surface area contributed by atoms with Gasteiger partial charge in [-0.3, -0.25) is 9.48 Å². The molecule has 0 aliphatic carbocycles. The second kappa shape index (κ2) is 6.15. The fraction of sp³-hybridized carbons (Fsp3) is 0.250. The third kappa shape index (κ3) is 3.09. The van der Waals surface area contributed by atoms with E-state index in [-0.39, 0.29) is 5.91 Å². The van der Waals surface area contributed by atoms with Crippen molar-refractivity contribution in [1.29, 1.82) is 0 Å². The number of benzene rings is 1. The first-order chi connectivity index (χ1) is 10.9. The summed E-state index contributed by atoms with van der Waals surface area (Å²) in [6.45, 7) is 2.48. The van der Waals surface area contributed by atoms with Gasteiger partial charge >= 0.3 is 0 Å². The summed E-state index contributed by atoms with van der Waals surface area (Å²) < 4.78 is 1.89. The summed E-state index contributed by atoms with van der Waals surface area (Å²) in [6.07, 6.45) is 0. The van der Waals surface area contributed by atoms with Crippen LogP contribution in [-0.2, 0) is 6.54 Å². The first-order valence-electron chi connectivity index (χ1n) is 6.99. The van der Waals surface area contributed by atoms with Crippen LogP contribution in [0.15, 0.2) is 24.3 Å². The zero-order valence-corrected chi connectivity index (χ0v) is 15.3. The van der Waals surface area contributed by atoms with E-state index in [4.69, 9.17) is 23.2 Å². The van der Waals surface area contributed by atoms with Crippen LogP contribution in [0.3, 0.4) is 0 Å². The Morgan fingerprint density at radius 1 is 1.30 bits per heavy atom. The highest BCUT2D eigenvalue weighted by Crippen LogP contribution is 2.30. The number of fused-ring (bicyclic) bond motifs is 1. The van der Waals surface area contributed by atoms with E-state index >= 15 is 0 Å². The first kappa shape index (κ1) is 16.3. The van der Waals surface area contributed by atoms with Gasteiger partial charge in [-0.1, -0.05) is 29.3 Å². The minimum atomic E-state index is 0.00155. The lowest BCUT2D eigenvalue weighted by atomic mass is 10.2. The zero-order chi connectivity index (χ0) is 16.7. The van der Waals surface area contributed by atoms with Gasteiger partial charge in [0.25, 0.3) is 5.91 Å². The molecule has 1 aromatic carbocycles. The Morgan fingerprint density at radius 2 is 2.04 bits per heavy atom. The van der Waals surface area contributed by atoms with Crippen LogP contribution in [0.4, 0.5) is 0 Å². The Morgan fingerprint density at radius 3 is 2.70 bits per heavy atom. The molecule has 0 N–H and O–H groups in total. The van der Waals surface area contributed by atoms with Gasteiger partial charge in [-0.15, -0.1) is 11.3 Å². The van der Waals surface area contributed by atoms with Crippen LogP contribution in [-0.4, -0.2) is 34.7 Å². The van der Waals surface area contributed by atoms with Crippen molar-refractivity contribution in [3.63, 3.8) is 0 Å². The van der Waals surface area contributed by atoms with E-state index in [1.165, 1.54) is 11.3 Å². The van der Waals surface area contributed by atoms with Gasteiger partial charge in [0.2, 0.25) is 0 Å². The van der Waals surface area contributed by atoms with Crippen molar-refractivity contribution >= 4 is 50.7 Å². The summed E-state index contributed by atoms with van der Waals surface area (Å²) in [6, 6.07) is 7.34. The van der Waals surface area contributed by atoms with E-state index in [9.17, 15) is 4.79 Å². The standard InChI is InChI=1S/C16H15Cl2N3OS/c1-9-12-7-14(15(22)20(2)3)23-16(12)21(19-9)8-10-4-5-11(17)6-13(10)18/h4-7H,8H2,1-3H3. The fourth-order valence-electron chi connectivity index (χ4n) is 2.36. The third-order valence-electron chi connectivity index (χ3n) is 3.56. The molecule has 0 fully saturated rings. The Kier molecular flexibility index (Phi) is 4.36. The summed E-state index contributed by atoms with van der Waals surface area (Å²) >= 11 is 13.6. The number of hydrogen-bond acceptors (Lipinski definition) is 3. The number of halogens is 2. The number of carbonyl (C=O) groups excluding carboxylic acids is 1. The quantitative estimate of drug-likeness (QED) is 0.685. The lowest BCUT2D eigenvalue weighted by Crippen LogP contribution is -2.20. The summed E-state index contributed by atoms with van der Waals surface area (Å²) in [4.78, 5) is 15.4. The average molecular weight is 368 g/mol. The topological polar surface area (TPSA) is 38.1 Å². The van der Waals surface area contributed by atoms with Gasteiger partial charge in [0.15, 0.2) is 0 Å². The fourth-order valence-corrected chi connectivity index (χ4v) is 4.01. The van der Waals surface area contributed by atoms with Crippen LogP contribution in [0.1, 0.15) is 20.9 Å². The van der Waals surface area contributed by atoms with E-state index in [1.54, 1.807) is 25.1 Å². The maximum Gasteiger partial charge on any atom is 0.263 e. The number of amides is 1. The van der Waals surface area contributed by atoms with Crippen LogP contribution in [0, 0.1) is 6.92 Å². The van der Waals surface area contributed by atoms with Crippen molar-refractivity contribution < 1.29 is 4.79 Å². The number of aryl methyl sites for hydroxylation is 1. The lowest BCUT2D eigenvalue weighted by molar-refractivity contribution is 0.0832. The molecule has 2 aromatic heterocycles. The predicted octanol–water partition coefficient (Wildman–Crippen LogP) is 4.46. The molecule has 0 saturated carbocycles. The molecule has 1 amide bonds. The highest BCUT2D eigenvalue weighted by atomic mass is 35.5. The molecule has 0 saturated heterocycles. The van der Waals surface area contributed by atoms with Crippen molar-refractivity contribution in [3.05, 3.63) is 50.4 Å². The SMILES string of the molecule is Cc1nn(Cc2ccc(Cl)cc2Cl)c2sc(C(=O)N(C)C)cc12. The highest BCUT2D eigenvalue weighted by Gasteiger charge is 2.18. The van der Waals surface area contributed by atoms with Crippen molar-refractivity contribution in [2.45, 2.75) is 13.5 Å². The van der Waals surface area contributed by atoms with E-state index in [2.05, 4.69) is 5.10 Å². The van der Waals surface area contributed by atoms with Gasteiger partial charge in [-0.25, -0.2) is 0 Å². The number of nitrogens with zero attached hydrogens (tertiary/aromatic N) is 3. The van der Waals surface area contributed by atoms with Crippen LogP contribution in [0.5, 0.6) is 0 Å². The number of rotatable bonds is 3. The lowest BCUT2D eigenvalue weighted by Gasteiger charge is -2.08. The molecule has 4 nitrogen and oxygen atoms in total. The highest BCUT2D eigenvalue weighted by molar-refractivity contribution is 7.20. The summed E-state index contributed by atoms with van der Waals surface area (Å²) in [7, 11) is 3.50. The minimum Gasteiger partial charge on any atom is -0.344 e. The van der Waals surface area contributed by atoms with Gasteiger partial charge in [0.1, 0.15) is 4.83 Å². The molecule has 7 heteroatoms. The molecule has 3 rings (SSSR count). The molecule has 2 heterocycles. The van der Waals surface area contributed by atoms with Crippen LogP contribution < -0.4 is 0 Å². The third-order valence-corrected chi connectivity index (χ3v) is 5.28. The number of hydrogen-bond donors (Lipinski definition) is 0. The first-order valence-corrected chi connectivity index (χ1v) is 8.56. The van der Waals surface area contributed by atoms with Crippen LogP contribution in [0.2, 0.25) is 10.0 Å². The van der Waals surface area contributed by atoms with Gasteiger partial charge in [-0.05, 0) is 30.7 Å². The summed E-state index contributed by atoms with van der Waals surface area (Å²) in [5, 5.41) is 6.79. The molecular weight excluding hydrogens is 353 g/mol. The second-order valence-electron chi connectivity index (χ2n) is 5.51. The monoisotopic (exact) mass is 367 g/mol. The normalized spacial score (nSPS) is 11.2. The van der Waals surface area contributed by atoms with Crippen molar-refractivity contribution in [1.82, 2.24) is 14.7 Å². The minimum absolute atomic E-state index is 0.00155. The van der Waals surface area contributed by atoms with E-state index in [0.29, 0.717) is 21.5 Å².